The lowest BCUT2D eigenvalue weighted by atomic mass is 10.1. The lowest BCUT2D eigenvalue weighted by Crippen LogP contribution is -2.06. The summed E-state index contributed by atoms with van der Waals surface area (Å²) in [6.45, 7) is 6.52. The SMILES string of the molecule is C.CCCCCC.Cc1csc2c(CCCC3CC3)cc(=O)[nH]c12. The van der Waals surface area contributed by atoms with Gasteiger partial charge in [0.1, 0.15) is 0 Å². The molecule has 3 rings (SSSR count). The van der Waals surface area contributed by atoms with Crippen LogP contribution in [-0.2, 0) is 6.42 Å². The maximum absolute atomic E-state index is 11.6. The Morgan fingerprint density at radius 2 is 1.83 bits per heavy atom. The van der Waals surface area contributed by atoms with Crippen LogP contribution in [0.1, 0.15) is 83.8 Å². The van der Waals surface area contributed by atoms with Crippen molar-refractivity contribution in [2.24, 2.45) is 5.92 Å². The summed E-state index contributed by atoms with van der Waals surface area (Å²) in [5.74, 6) is 0.984. The molecule has 1 saturated carbocycles. The van der Waals surface area contributed by atoms with Crippen molar-refractivity contribution in [1.82, 2.24) is 4.98 Å². The molecule has 0 bridgehead atoms. The zero-order valence-electron chi connectivity index (χ0n) is 14.9. The van der Waals surface area contributed by atoms with Crippen molar-refractivity contribution in [3.05, 3.63) is 32.9 Å². The molecule has 1 aliphatic carbocycles. The van der Waals surface area contributed by atoms with Crippen molar-refractivity contribution in [1.29, 1.82) is 0 Å². The highest BCUT2D eigenvalue weighted by atomic mass is 32.1. The molecule has 1 fully saturated rings. The van der Waals surface area contributed by atoms with Gasteiger partial charge in [-0.15, -0.1) is 11.3 Å². The summed E-state index contributed by atoms with van der Waals surface area (Å²) in [5.41, 5.74) is 3.51. The van der Waals surface area contributed by atoms with Crippen molar-refractivity contribution in [2.45, 2.75) is 86.0 Å². The molecule has 0 unspecified atom stereocenters. The first kappa shape index (κ1) is 21.0. The second-order valence-electron chi connectivity index (χ2n) is 6.82. The van der Waals surface area contributed by atoms with Crippen LogP contribution in [0.3, 0.4) is 0 Å². The average molecular weight is 350 g/mol. The molecule has 0 amide bonds. The molecule has 3 heteroatoms. The molecule has 1 N–H and O–H groups in total. The van der Waals surface area contributed by atoms with Gasteiger partial charge in [-0.05, 0) is 42.2 Å². The normalized spacial score (nSPS) is 13.3. The highest BCUT2D eigenvalue weighted by molar-refractivity contribution is 7.17. The van der Waals surface area contributed by atoms with Crippen LogP contribution in [0.2, 0.25) is 0 Å². The maximum atomic E-state index is 11.6. The molecule has 0 spiro atoms. The van der Waals surface area contributed by atoms with Gasteiger partial charge in [0.25, 0.3) is 0 Å². The summed E-state index contributed by atoms with van der Waals surface area (Å²) in [7, 11) is 0. The number of pyridine rings is 1. The summed E-state index contributed by atoms with van der Waals surface area (Å²) >= 11 is 1.75. The fraction of sp³-hybridized carbons (Fsp3) is 0.667. The van der Waals surface area contributed by atoms with Crippen LogP contribution in [0.4, 0.5) is 0 Å². The van der Waals surface area contributed by atoms with Gasteiger partial charge in [-0.2, -0.15) is 0 Å². The first-order chi connectivity index (χ1) is 11.2. The fourth-order valence-corrected chi connectivity index (χ4v) is 3.95. The van der Waals surface area contributed by atoms with Gasteiger partial charge in [0, 0.05) is 6.07 Å². The van der Waals surface area contributed by atoms with E-state index in [1.165, 1.54) is 67.2 Å². The van der Waals surface area contributed by atoms with Gasteiger partial charge in [-0.1, -0.05) is 66.2 Å². The maximum Gasteiger partial charge on any atom is 0.248 e. The summed E-state index contributed by atoms with van der Waals surface area (Å²) in [6, 6.07) is 1.78. The van der Waals surface area contributed by atoms with Gasteiger partial charge in [-0.25, -0.2) is 0 Å². The van der Waals surface area contributed by atoms with E-state index in [1.54, 1.807) is 17.4 Å². The summed E-state index contributed by atoms with van der Waals surface area (Å²) in [5, 5.41) is 2.13. The van der Waals surface area contributed by atoms with Gasteiger partial charge in [0.2, 0.25) is 5.56 Å². The highest BCUT2D eigenvalue weighted by Crippen LogP contribution is 2.34. The molecule has 0 aromatic carbocycles. The van der Waals surface area contributed by atoms with E-state index in [1.807, 2.05) is 0 Å². The zero-order chi connectivity index (χ0) is 16.7. The number of aromatic amines is 1. The molecule has 136 valence electrons. The van der Waals surface area contributed by atoms with E-state index in [0.717, 1.165) is 17.9 Å². The van der Waals surface area contributed by atoms with Gasteiger partial charge in [0.15, 0.2) is 0 Å². The predicted molar refractivity (Wildman–Crippen MR) is 109 cm³/mol. The summed E-state index contributed by atoms with van der Waals surface area (Å²) in [6.07, 6.45) is 12.0. The standard InChI is InChI=1S/C14H17NOS.C6H14.CH4/c1-9-8-17-14-11(4-2-3-10-5-6-10)7-12(16)15-13(9)14;1-3-5-6-4-2;/h7-8,10H,2-6H2,1H3,(H,15,16);3-6H2,1-2H3;1H4. The quantitative estimate of drug-likeness (QED) is 0.544. The first-order valence-corrected chi connectivity index (χ1v) is 10.1. The van der Waals surface area contributed by atoms with Crippen molar-refractivity contribution in [2.75, 3.05) is 0 Å². The number of unbranched alkanes of at least 4 members (excludes halogenated alkanes) is 3. The molecular formula is C21H35NOS. The van der Waals surface area contributed by atoms with Crippen molar-refractivity contribution < 1.29 is 0 Å². The van der Waals surface area contributed by atoms with Crippen LogP contribution in [0, 0.1) is 12.8 Å². The first-order valence-electron chi connectivity index (χ1n) is 9.25. The number of hydrogen-bond donors (Lipinski definition) is 1. The third kappa shape index (κ3) is 6.43. The largest absolute Gasteiger partial charge is 0.321 e. The number of hydrogen-bond acceptors (Lipinski definition) is 2. The molecule has 0 atom stereocenters. The molecule has 24 heavy (non-hydrogen) atoms. The fourth-order valence-electron chi connectivity index (χ4n) is 2.89. The molecular weight excluding hydrogens is 314 g/mol. The van der Waals surface area contributed by atoms with Crippen molar-refractivity contribution in [3.63, 3.8) is 0 Å². The second kappa shape index (κ2) is 10.7. The Labute approximate surface area is 151 Å². The van der Waals surface area contributed by atoms with E-state index in [2.05, 4.69) is 31.1 Å². The molecule has 2 heterocycles. The van der Waals surface area contributed by atoms with Crippen LogP contribution in [-0.4, -0.2) is 4.98 Å². The summed E-state index contributed by atoms with van der Waals surface area (Å²) < 4.78 is 1.28. The van der Waals surface area contributed by atoms with Crippen LogP contribution >= 0.6 is 11.3 Å². The van der Waals surface area contributed by atoms with E-state index >= 15 is 0 Å². The second-order valence-corrected chi connectivity index (χ2v) is 7.70. The van der Waals surface area contributed by atoms with E-state index < -0.39 is 0 Å². The van der Waals surface area contributed by atoms with E-state index in [4.69, 9.17) is 0 Å². The van der Waals surface area contributed by atoms with Gasteiger partial charge in [0.05, 0.1) is 10.2 Å². The molecule has 1 aliphatic rings. The van der Waals surface area contributed by atoms with Crippen molar-refractivity contribution in [3.8, 4) is 0 Å². The number of H-pyrrole nitrogens is 1. The Bertz CT molecular complexity index is 647. The Hall–Kier alpha value is -1.09. The number of aryl methyl sites for hydroxylation is 2. The van der Waals surface area contributed by atoms with E-state index in [-0.39, 0.29) is 13.0 Å². The van der Waals surface area contributed by atoms with Crippen molar-refractivity contribution >= 4 is 21.6 Å². The lowest BCUT2D eigenvalue weighted by molar-refractivity contribution is 0.668. The van der Waals surface area contributed by atoms with Gasteiger partial charge >= 0.3 is 0 Å². The van der Waals surface area contributed by atoms with Gasteiger partial charge in [-0.3, -0.25) is 4.79 Å². The zero-order valence-corrected chi connectivity index (χ0v) is 15.7. The molecule has 2 aromatic rings. The molecule has 0 saturated heterocycles. The van der Waals surface area contributed by atoms with Crippen LogP contribution in [0.25, 0.3) is 10.2 Å². The Balaban J connectivity index is 0.000000359. The van der Waals surface area contributed by atoms with Crippen LogP contribution in [0.15, 0.2) is 16.2 Å². The van der Waals surface area contributed by atoms with Crippen LogP contribution in [0.5, 0.6) is 0 Å². The average Bonchev–Trinajstić information content (AvgIpc) is 3.29. The van der Waals surface area contributed by atoms with E-state index in [0.29, 0.717) is 0 Å². The van der Waals surface area contributed by atoms with Crippen LogP contribution < -0.4 is 5.56 Å². The Morgan fingerprint density at radius 3 is 2.42 bits per heavy atom. The number of fused-ring (bicyclic) bond motifs is 1. The molecule has 0 radical (unpaired) electrons. The smallest absolute Gasteiger partial charge is 0.248 e. The monoisotopic (exact) mass is 349 g/mol. The number of nitrogens with one attached hydrogen (secondary N) is 1. The molecule has 2 aromatic heterocycles. The topological polar surface area (TPSA) is 32.9 Å². The highest BCUT2D eigenvalue weighted by Gasteiger charge is 2.20. The molecule has 0 aliphatic heterocycles. The third-order valence-electron chi connectivity index (χ3n) is 4.53. The number of thiophene rings is 1. The number of aromatic nitrogens is 1. The minimum absolute atomic E-state index is 0. The number of rotatable bonds is 7. The molecule has 2 nitrogen and oxygen atoms in total. The minimum Gasteiger partial charge on any atom is -0.321 e. The predicted octanol–water partition coefficient (Wildman–Crippen LogP) is 6.85. The Morgan fingerprint density at radius 1 is 1.17 bits per heavy atom. The summed E-state index contributed by atoms with van der Waals surface area (Å²) in [4.78, 5) is 14.6. The lowest BCUT2D eigenvalue weighted by Gasteiger charge is -2.02. The van der Waals surface area contributed by atoms with E-state index in [9.17, 15) is 4.79 Å². The van der Waals surface area contributed by atoms with Gasteiger partial charge < -0.3 is 4.98 Å². The minimum atomic E-state index is 0. The Kier molecular flexibility index (Phi) is 9.35. The third-order valence-corrected chi connectivity index (χ3v) is 5.71.